The number of carboxylic acids is 1. The second-order valence-electron chi connectivity index (χ2n) is 4.63. The zero-order valence-electron chi connectivity index (χ0n) is 11.3. The van der Waals surface area contributed by atoms with Gasteiger partial charge in [-0.2, -0.15) is 0 Å². The summed E-state index contributed by atoms with van der Waals surface area (Å²) < 4.78 is 5.42. The second-order valence-corrected chi connectivity index (χ2v) is 4.63. The predicted molar refractivity (Wildman–Crippen MR) is 73.3 cm³/mol. The molecule has 0 heterocycles. The van der Waals surface area contributed by atoms with Crippen molar-refractivity contribution in [1.29, 1.82) is 0 Å². The van der Waals surface area contributed by atoms with Crippen molar-refractivity contribution in [2.45, 2.75) is 45.1 Å². The van der Waals surface area contributed by atoms with Crippen molar-refractivity contribution in [3.63, 3.8) is 0 Å². The highest BCUT2D eigenvalue weighted by molar-refractivity contribution is 5.72. The number of phenols is 1. The van der Waals surface area contributed by atoms with Crippen LogP contribution in [0.25, 0.3) is 0 Å². The average Bonchev–Trinajstić information content (AvgIpc) is 2.39. The highest BCUT2D eigenvalue weighted by Gasteiger charge is 2.18. The molecule has 0 aliphatic rings. The summed E-state index contributed by atoms with van der Waals surface area (Å²) in [6.07, 6.45) is 3.78. The number of rotatable bonds is 9. The van der Waals surface area contributed by atoms with Crippen molar-refractivity contribution in [2.24, 2.45) is 0 Å². The Hall–Kier alpha value is -1.55. The normalized spacial score (nSPS) is 12.3. The van der Waals surface area contributed by atoms with Crippen molar-refractivity contribution in [3.8, 4) is 5.75 Å². The van der Waals surface area contributed by atoms with Crippen LogP contribution in [0.5, 0.6) is 5.75 Å². The zero-order chi connectivity index (χ0) is 14.1. The van der Waals surface area contributed by atoms with Gasteiger partial charge in [0, 0.05) is 13.0 Å². The van der Waals surface area contributed by atoms with Crippen molar-refractivity contribution in [2.75, 3.05) is 6.61 Å². The summed E-state index contributed by atoms with van der Waals surface area (Å²) in [5.74, 6) is -0.764. The molecular weight excluding hydrogens is 244 g/mol. The number of benzene rings is 1. The molecule has 0 fully saturated rings. The van der Waals surface area contributed by atoms with E-state index in [1.807, 2.05) is 0 Å². The first-order chi connectivity index (χ1) is 9.13. The fraction of sp³-hybridized carbons (Fsp3) is 0.533. The van der Waals surface area contributed by atoms with E-state index in [9.17, 15) is 9.90 Å². The maximum absolute atomic E-state index is 11.1. The van der Waals surface area contributed by atoms with Gasteiger partial charge in [-0.15, -0.1) is 0 Å². The van der Waals surface area contributed by atoms with Gasteiger partial charge in [0.05, 0.1) is 0 Å². The maximum Gasteiger partial charge on any atom is 0.333 e. The van der Waals surface area contributed by atoms with Gasteiger partial charge in [0.1, 0.15) is 5.75 Å². The Kier molecular flexibility index (Phi) is 6.97. The minimum atomic E-state index is -0.941. The molecule has 0 amide bonds. The molecule has 0 aliphatic carbocycles. The summed E-state index contributed by atoms with van der Waals surface area (Å²) in [5.41, 5.74) is 0.846. The Labute approximate surface area is 114 Å². The van der Waals surface area contributed by atoms with E-state index < -0.39 is 12.1 Å². The molecule has 0 radical (unpaired) electrons. The number of aromatic hydroxyl groups is 1. The molecule has 0 saturated heterocycles. The maximum atomic E-state index is 11.1. The third-order valence-electron chi connectivity index (χ3n) is 2.95. The van der Waals surface area contributed by atoms with Gasteiger partial charge in [0.2, 0.25) is 0 Å². The highest BCUT2D eigenvalue weighted by Crippen LogP contribution is 2.13. The molecule has 19 heavy (non-hydrogen) atoms. The van der Waals surface area contributed by atoms with Crippen LogP contribution >= 0.6 is 0 Å². The zero-order valence-corrected chi connectivity index (χ0v) is 11.3. The first-order valence-electron chi connectivity index (χ1n) is 6.75. The fourth-order valence-corrected chi connectivity index (χ4v) is 1.82. The number of carboxylic acid groups (broad SMARTS) is 1. The molecule has 1 rings (SSSR count). The second kappa shape index (κ2) is 8.53. The molecule has 0 spiro atoms. The topological polar surface area (TPSA) is 66.8 Å². The molecule has 1 aromatic carbocycles. The van der Waals surface area contributed by atoms with Crippen LogP contribution in [-0.4, -0.2) is 28.9 Å². The van der Waals surface area contributed by atoms with E-state index in [0.29, 0.717) is 13.0 Å². The first-order valence-corrected chi connectivity index (χ1v) is 6.75. The molecule has 4 heteroatoms. The van der Waals surface area contributed by atoms with Crippen LogP contribution in [0.3, 0.4) is 0 Å². The van der Waals surface area contributed by atoms with Crippen LogP contribution in [-0.2, 0) is 16.0 Å². The van der Waals surface area contributed by atoms with E-state index in [1.54, 1.807) is 24.3 Å². The smallest absolute Gasteiger partial charge is 0.333 e. The fourth-order valence-electron chi connectivity index (χ4n) is 1.82. The van der Waals surface area contributed by atoms with Gasteiger partial charge in [-0.25, -0.2) is 4.79 Å². The van der Waals surface area contributed by atoms with Crippen LogP contribution in [0.2, 0.25) is 0 Å². The molecule has 106 valence electrons. The van der Waals surface area contributed by atoms with E-state index in [1.165, 1.54) is 0 Å². The lowest BCUT2D eigenvalue weighted by Gasteiger charge is -2.13. The molecule has 0 aromatic heterocycles. The molecule has 1 atom stereocenters. The monoisotopic (exact) mass is 266 g/mol. The summed E-state index contributed by atoms with van der Waals surface area (Å²) in [4.78, 5) is 11.1. The number of aliphatic carboxylic acids is 1. The molecule has 2 N–H and O–H groups in total. The quantitative estimate of drug-likeness (QED) is 0.674. The third kappa shape index (κ3) is 6.25. The number of hydrogen-bond acceptors (Lipinski definition) is 3. The van der Waals surface area contributed by atoms with E-state index in [4.69, 9.17) is 9.84 Å². The minimum Gasteiger partial charge on any atom is -0.508 e. The lowest BCUT2D eigenvalue weighted by Crippen LogP contribution is -2.26. The van der Waals surface area contributed by atoms with Gasteiger partial charge in [-0.1, -0.05) is 38.3 Å². The van der Waals surface area contributed by atoms with Gasteiger partial charge in [0.25, 0.3) is 0 Å². The SMILES string of the molecule is CCCCCCO[C@H](Cc1ccc(O)cc1)C(=O)O. The summed E-state index contributed by atoms with van der Waals surface area (Å²) >= 11 is 0. The Morgan fingerprint density at radius 2 is 1.89 bits per heavy atom. The Morgan fingerprint density at radius 1 is 1.21 bits per heavy atom. The molecular formula is C15H22O4. The Morgan fingerprint density at radius 3 is 2.47 bits per heavy atom. The van der Waals surface area contributed by atoms with Gasteiger partial charge in [-0.05, 0) is 24.1 Å². The first kappa shape index (κ1) is 15.5. The predicted octanol–water partition coefficient (Wildman–Crippen LogP) is 2.98. The van der Waals surface area contributed by atoms with Crippen molar-refractivity contribution in [3.05, 3.63) is 29.8 Å². The molecule has 0 unspecified atom stereocenters. The van der Waals surface area contributed by atoms with E-state index in [-0.39, 0.29) is 5.75 Å². The minimum absolute atomic E-state index is 0.177. The van der Waals surface area contributed by atoms with E-state index in [2.05, 4.69) is 6.92 Å². The molecule has 0 bridgehead atoms. The van der Waals surface area contributed by atoms with Gasteiger partial charge in [-0.3, -0.25) is 0 Å². The summed E-state index contributed by atoms with van der Waals surface area (Å²) in [6.45, 7) is 2.61. The van der Waals surface area contributed by atoms with Gasteiger partial charge < -0.3 is 14.9 Å². The van der Waals surface area contributed by atoms with Crippen LogP contribution in [0.15, 0.2) is 24.3 Å². The molecule has 1 aromatic rings. The van der Waals surface area contributed by atoms with Crippen molar-refractivity contribution < 1.29 is 19.7 Å². The summed E-state index contributed by atoms with van der Waals surface area (Å²) in [6, 6.07) is 6.53. The van der Waals surface area contributed by atoms with E-state index >= 15 is 0 Å². The summed E-state index contributed by atoms with van der Waals surface area (Å²) in [7, 11) is 0. The summed E-state index contributed by atoms with van der Waals surface area (Å²) in [5, 5.41) is 18.3. The van der Waals surface area contributed by atoms with Crippen LogP contribution in [0, 0.1) is 0 Å². The third-order valence-corrected chi connectivity index (χ3v) is 2.95. The van der Waals surface area contributed by atoms with Gasteiger partial charge in [0.15, 0.2) is 6.10 Å². The Balaban J connectivity index is 2.40. The van der Waals surface area contributed by atoms with Crippen LogP contribution in [0.4, 0.5) is 0 Å². The van der Waals surface area contributed by atoms with Crippen molar-refractivity contribution in [1.82, 2.24) is 0 Å². The number of carbonyl (C=O) groups is 1. The lowest BCUT2D eigenvalue weighted by atomic mass is 10.1. The number of phenolic OH excluding ortho intramolecular Hbond substituents is 1. The number of ether oxygens (including phenoxy) is 1. The number of unbranched alkanes of at least 4 members (excludes halogenated alkanes) is 3. The highest BCUT2D eigenvalue weighted by atomic mass is 16.5. The van der Waals surface area contributed by atoms with E-state index in [0.717, 1.165) is 31.2 Å². The molecule has 4 nitrogen and oxygen atoms in total. The largest absolute Gasteiger partial charge is 0.508 e. The average molecular weight is 266 g/mol. The molecule has 0 aliphatic heterocycles. The van der Waals surface area contributed by atoms with Crippen LogP contribution in [0.1, 0.15) is 38.2 Å². The molecule has 0 saturated carbocycles. The van der Waals surface area contributed by atoms with Crippen LogP contribution < -0.4 is 0 Å². The number of hydrogen-bond donors (Lipinski definition) is 2. The standard InChI is InChI=1S/C15H22O4/c1-2-3-4-5-10-19-14(15(17)18)11-12-6-8-13(16)9-7-12/h6-9,14,16H,2-5,10-11H2,1H3,(H,17,18)/t14-/m1/s1. The van der Waals surface area contributed by atoms with Crippen molar-refractivity contribution >= 4 is 5.97 Å². The van der Waals surface area contributed by atoms with Gasteiger partial charge >= 0.3 is 5.97 Å². The Bertz CT molecular complexity index is 372. The lowest BCUT2D eigenvalue weighted by molar-refractivity contribution is -0.150.